The van der Waals surface area contributed by atoms with Crippen LogP contribution in [0.15, 0.2) is 65.6 Å². The molecule has 1 saturated heterocycles. The lowest BCUT2D eigenvalue weighted by atomic mass is 10.1. The normalized spacial score (nSPS) is 14.4. The van der Waals surface area contributed by atoms with Crippen LogP contribution < -0.4 is 14.2 Å². The van der Waals surface area contributed by atoms with Gasteiger partial charge in [0.25, 0.3) is 11.1 Å². The first-order valence-corrected chi connectivity index (χ1v) is 12.3. The minimum Gasteiger partial charge on any atom is -0.493 e. The Morgan fingerprint density at radius 1 is 0.944 bits per heavy atom. The molecule has 1 fully saturated rings. The van der Waals surface area contributed by atoms with Gasteiger partial charge in [-0.15, -0.1) is 0 Å². The van der Waals surface area contributed by atoms with Crippen molar-refractivity contribution >= 4 is 52.2 Å². The molecular weight excluding hydrogens is 528 g/mol. The lowest BCUT2D eigenvalue weighted by molar-refractivity contribution is -0.123. The summed E-state index contributed by atoms with van der Waals surface area (Å²) in [6.07, 6.45) is 1.54. The van der Waals surface area contributed by atoms with Gasteiger partial charge in [-0.2, -0.15) is 0 Å². The third-order valence-corrected chi connectivity index (χ3v) is 6.79. The Labute approximate surface area is 221 Å². The standard InChI is InChI=1S/C26H20Cl2FNO5S/c1-33-22-11-4-6-16(24(22)35-15-17-18(27)8-5-9-20(17)29)14-23-25(31)30(26(32)36-23)12-13-34-21-10-3-2-7-19(21)28/h2-11,14H,12-13,15H2,1H3/b23-14-. The molecule has 0 bridgehead atoms. The van der Waals surface area contributed by atoms with Gasteiger partial charge < -0.3 is 14.2 Å². The Morgan fingerprint density at radius 3 is 2.42 bits per heavy atom. The van der Waals surface area contributed by atoms with Crippen molar-refractivity contribution in [3.8, 4) is 17.2 Å². The fourth-order valence-electron chi connectivity index (χ4n) is 3.42. The second kappa shape index (κ2) is 11.7. The van der Waals surface area contributed by atoms with E-state index in [1.54, 1.807) is 54.6 Å². The molecule has 0 spiro atoms. The number of amides is 2. The van der Waals surface area contributed by atoms with Crippen LogP contribution in [-0.4, -0.2) is 36.3 Å². The molecule has 1 aliphatic rings. The summed E-state index contributed by atoms with van der Waals surface area (Å²) in [5, 5.41) is 0.248. The second-order valence-electron chi connectivity index (χ2n) is 7.48. The zero-order chi connectivity index (χ0) is 25.7. The Kier molecular flexibility index (Phi) is 8.40. The van der Waals surface area contributed by atoms with E-state index >= 15 is 0 Å². The molecule has 0 aromatic heterocycles. The number of hydrogen-bond acceptors (Lipinski definition) is 6. The van der Waals surface area contributed by atoms with Crippen molar-refractivity contribution in [2.45, 2.75) is 6.61 Å². The van der Waals surface area contributed by atoms with E-state index in [9.17, 15) is 14.0 Å². The van der Waals surface area contributed by atoms with Crippen LogP contribution in [0.25, 0.3) is 6.08 Å². The number of benzene rings is 3. The molecule has 186 valence electrons. The lowest BCUT2D eigenvalue weighted by Crippen LogP contribution is -2.32. The SMILES string of the molecule is COc1cccc(/C=C2\SC(=O)N(CCOc3ccccc3Cl)C2=O)c1OCc1c(F)cccc1Cl. The fourth-order valence-corrected chi connectivity index (χ4v) is 4.68. The van der Waals surface area contributed by atoms with Crippen molar-refractivity contribution in [1.29, 1.82) is 0 Å². The summed E-state index contributed by atoms with van der Waals surface area (Å²) < 4.78 is 31.1. The number of rotatable bonds is 9. The van der Waals surface area contributed by atoms with Crippen molar-refractivity contribution in [2.75, 3.05) is 20.3 Å². The van der Waals surface area contributed by atoms with Gasteiger partial charge in [-0.05, 0) is 48.2 Å². The van der Waals surface area contributed by atoms with Crippen LogP contribution in [0.1, 0.15) is 11.1 Å². The van der Waals surface area contributed by atoms with E-state index in [4.69, 9.17) is 37.4 Å². The van der Waals surface area contributed by atoms with Crippen LogP contribution >= 0.6 is 35.0 Å². The van der Waals surface area contributed by atoms with E-state index < -0.39 is 17.0 Å². The van der Waals surface area contributed by atoms with Crippen molar-refractivity contribution in [2.24, 2.45) is 0 Å². The Balaban J connectivity index is 1.51. The van der Waals surface area contributed by atoms with Gasteiger partial charge in [-0.3, -0.25) is 14.5 Å². The number of halogens is 3. The molecular formula is C26H20Cl2FNO5S. The Morgan fingerprint density at radius 2 is 1.67 bits per heavy atom. The minimum absolute atomic E-state index is 0.0560. The highest BCUT2D eigenvalue weighted by atomic mass is 35.5. The van der Waals surface area contributed by atoms with Gasteiger partial charge >= 0.3 is 0 Å². The van der Waals surface area contributed by atoms with Gasteiger partial charge in [-0.1, -0.05) is 53.5 Å². The average Bonchev–Trinajstić information content (AvgIpc) is 3.12. The van der Waals surface area contributed by atoms with Crippen molar-refractivity contribution < 1.29 is 28.2 Å². The summed E-state index contributed by atoms with van der Waals surface area (Å²) in [5.74, 6) is 0.171. The molecule has 3 aromatic carbocycles. The number of imide groups is 1. The van der Waals surface area contributed by atoms with Crippen molar-refractivity contribution in [3.05, 3.63) is 92.6 Å². The number of carbonyl (C=O) groups is 2. The molecule has 6 nitrogen and oxygen atoms in total. The summed E-state index contributed by atoms with van der Waals surface area (Å²) in [6, 6.07) is 16.4. The predicted molar refractivity (Wildman–Crippen MR) is 138 cm³/mol. The highest BCUT2D eigenvalue weighted by molar-refractivity contribution is 8.18. The van der Waals surface area contributed by atoms with Gasteiger partial charge in [0.15, 0.2) is 11.5 Å². The maximum atomic E-state index is 14.2. The van der Waals surface area contributed by atoms with Gasteiger partial charge in [0.05, 0.1) is 28.6 Å². The zero-order valence-electron chi connectivity index (χ0n) is 19.0. The molecule has 0 saturated carbocycles. The molecule has 0 unspecified atom stereocenters. The third-order valence-electron chi connectivity index (χ3n) is 5.22. The number of methoxy groups -OCH3 is 1. The summed E-state index contributed by atoms with van der Waals surface area (Å²) in [5.41, 5.74) is 0.675. The van der Waals surface area contributed by atoms with Crippen molar-refractivity contribution in [3.63, 3.8) is 0 Å². The number of hydrogen-bond donors (Lipinski definition) is 0. The van der Waals surface area contributed by atoms with E-state index in [-0.39, 0.29) is 41.0 Å². The molecule has 0 radical (unpaired) electrons. The Hall–Kier alpha value is -3.20. The van der Waals surface area contributed by atoms with Crippen LogP contribution in [0, 0.1) is 5.82 Å². The van der Waals surface area contributed by atoms with Crippen LogP contribution in [-0.2, 0) is 11.4 Å². The van der Waals surface area contributed by atoms with Gasteiger partial charge in [0.2, 0.25) is 0 Å². The summed E-state index contributed by atoms with van der Waals surface area (Å²) >= 11 is 13.0. The van der Waals surface area contributed by atoms with E-state index in [0.29, 0.717) is 22.1 Å². The number of para-hydroxylation sites is 2. The minimum atomic E-state index is -0.501. The second-order valence-corrected chi connectivity index (χ2v) is 9.29. The topological polar surface area (TPSA) is 65.1 Å². The van der Waals surface area contributed by atoms with Gasteiger partial charge in [0, 0.05) is 11.1 Å². The molecule has 1 heterocycles. The molecule has 0 N–H and O–H groups in total. The molecule has 4 rings (SSSR count). The highest BCUT2D eigenvalue weighted by Gasteiger charge is 2.35. The summed E-state index contributed by atoms with van der Waals surface area (Å²) in [6.45, 7) is -0.0139. The monoisotopic (exact) mass is 547 g/mol. The first-order chi connectivity index (χ1) is 17.4. The zero-order valence-corrected chi connectivity index (χ0v) is 21.3. The lowest BCUT2D eigenvalue weighted by Gasteiger charge is -2.15. The molecule has 3 aromatic rings. The molecule has 36 heavy (non-hydrogen) atoms. The quantitative estimate of drug-likeness (QED) is 0.273. The third kappa shape index (κ3) is 5.78. The van der Waals surface area contributed by atoms with E-state index in [2.05, 4.69) is 0 Å². The van der Waals surface area contributed by atoms with E-state index in [1.165, 1.54) is 19.2 Å². The summed E-state index contributed by atoms with van der Waals surface area (Å²) in [7, 11) is 1.47. The number of nitrogens with zero attached hydrogens (tertiary/aromatic N) is 1. The average molecular weight is 548 g/mol. The fraction of sp³-hybridized carbons (Fsp3) is 0.154. The summed E-state index contributed by atoms with van der Waals surface area (Å²) in [4.78, 5) is 26.8. The predicted octanol–water partition coefficient (Wildman–Crippen LogP) is 6.84. The smallest absolute Gasteiger partial charge is 0.293 e. The Bertz CT molecular complexity index is 1310. The number of ether oxygens (including phenoxy) is 3. The molecule has 10 heteroatoms. The van der Waals surface area contributed by atoms with Crippen molar-refractivity contribution in [1.82, 2.24) is 4.90 Å². The van der Waals surface area contributed by atoms with E-state index in [1.807, 2.05) is 0 Å². The van der Waals surface area contributed by atoms with Crippen LogP contribution in [0.4, 0.5) is 9.18 Å². The molecule has 1 aliphatic heterocycles. The van der Waals surface area contributed by atoms with Crippen LogP contribution in [0.2, 0.25) is 10.0 Å². The van der Waals surface area contributed by atoms with Crippen LogP contribution in [0.3, 0.4) is 0 Å². The maximum Gasteiger partial charge on any atom is 0.293 e. The molecule has 0 atom stereocenters. The molecule has 0 aliphatic carbocycles. The van der Waals surface area contributed by atoms with E-state index in [0.717, 1.165) is 16.7 Å². The maximum absolute atomic E-state index is 14.2. The number of thioether (sulfide) groups is 1. The van der Waals surface area contributed by atoms with Gasteiger partial charge in [0.1, 0.15) is 24.8 Å². The van der Waals surface area contributed by atoms with Gasteiger partial charge in [-0.25, -0.2) is 4.39 Å². The first-order valence-electron chi connectivity index (χ1n) is 10.7. The number of carbonyl (C=O) groups excluding carboxylic acids is 2. The largest absolute Gasteiger partial charge is 0.493 e. The van der Waals surface area contributed by atoms with Crippen LogP contribution in [0.5, 0.6) is 17.2 Å². The first kappa shape index (κ1) is 25.9. The molecule has 2 amide bonds. The highest BCUT2D eigenvalue weighted by Crippen LogP contribution is 2.38.